The first-order chi connectivity index (χ1) is 18.3. The zero-order chi connectivity index (χ0) is 28.4. The Hall–Kier alpha value is -3.70. The minimum atomic E-state index is -4.61. The van der Waals surface area contributed by atoms with Crippen molar-refractivity contribution in [1.29, 1.82) is 0 Å². The second-order valence-corrected chi connectivity index (χ2v) is 11.2. The first-order valence-electron chi connectivity index (χ1n) is 11.9. The van der Waals surface area contributed by atoms with E-state index in [9.17, 15) is 21.6 Å². The van der Waals surface area contributed by atoms with Crippen LogP contribution in [0.4, 0.5) is 13.2 Å². The fourth-order valence-electron chi connectivity index (χ4n) is 3.80. The number of hydrogen-bond donors (Lipinski definition) is 1. The molecule has 0 aromatic heterocycles. The topological polar surface area (TPSA) is 100 Å². The number of benzene rings is 3. The van der Waals surface area contributed by atoms with E-state index in [2.05, 4.69) is 14.5 Å². The Morgan fingerprint density at radius 1 is 1.03 bits per heavy atom. The van der Waals surface area contributed by atoms with Gasteiger partial charge in [0.1, 0.15) is 5.84 Å². The average Bonchev–Trinajstić information content (AvgIpc) is 3.34. The number of rotatable bonds is 5. The molecule has 1 aliphatic heterocycles. The molecule has 12 heteroatoms. The molecule has 1 atom stereocenters. The van der Waals surface area contributed by atoms with Crippen LogP contribution >= 0.6 is 11.6 Å². The van der Waals surface area contributed by atoms with Gasteiger partial charge in [-0.05, 0) is 47.5 Å². The molecule has 0 amide bonds. The summed E-state index contributed by atoms with van der Waals surface area (Å²) in [5.74, 6) is -0.702. The lowest BCUT2D eigenvalue weighted by atomic mass is 9.91. The van der Waals surface area contributed by atoms with E-state index in [4.69, 9.17) is 17.3 Å². The Kier molecular flexibility index (Phi) is 8.12. The van der Waals surface area contributed by atoms with Crippen molar-refractivity contribution in [2.24, 2.45) is 26.1 Å². The lowest BCUT2D eigenvalue weighted by Gasteiger charge is -2.17. The highest BCUT2D eigenvalue weighted by Gasteiger charge is 2.33. The van der Waals surface area contributed by atoms with Crippen molar-refractivity contribution >= 4 is 39.1 Å². The number of alkyl halides is 3. The first-order valence-corrected chi connectivity index (χ1v) is 13.7. The predicted octanol–water partition coefficient (Wildman–Crippen LogP) is 5.92. The quantitative estimate of drug-likeness (QED) is 0.301. The van der Waals surface area contributed by atoms with Crippen LogP contribution in [0.3, 0.4) is 0 Å². The fourth-order valence-corrected chi connectivity index (χ4v) is 4.86. The van der Waals surface area contributed by atoms with Crippen molar-refractivity contribution in [3.8, 4) is 0 Å². The van der Waals surface area contributed by atoms with Gasteiger partial charge < -0.3 is 5.73 Å². The van der Waals surface area contributed by atoms with Gasteiger partial charge in [0.2, 0.25) is 0 Å². The second kappa shape index (κ2) is 11.2. The van der Waals surface area contributed by atoms with E-state index in [0.29, 0.717) is 22.9 Å². The molecule has 0 saturated carbocycles. The number of nitrogens with zero attached hydrogens (tertiary/aromatic N) is 4. The Bertz CT molecular complexity index is 1520. The number of hydrogen-bond acceptors (Lipinski definition) is 3. The molecule has 204 valence electrons. The van der Waals surface area contributed by atoms with Crippen LogP contribution in [-0.4, -0.2) is 37.5 Å². The first kappa shape index (κ1) is 28.3. The number of halogens is 4. The van der Waals surface area contributed by atoms with Crippen molar-refractivity contribution in [3.63, 3.8) is 0 Å². The van der Waals surface area contributed by atoms with Gasteiger partial charge in [-0.15, -0.1) is 4.40 Å². The van der Waals surface area contributed by atoms with Crippen molar-refractivity contribution in [3.05, 3.63) is 101 Å². The highest BCUT2D eigenvalue weighted by molar-refractivity contribution is 7.90. The van der Waals surface area contributed by atoms with Crippen LogP contribution in [0.1, 0.15) is 36.5 Å². The van der Waals surface area contributed by atoms with Crippen molar-refractivity contribution in [2.75, 3.05) is 6.54 Å². The van der Waals surface area contributed by atoms with Gasteiger partial charge in [0.15, 0.2) is 0 Å². The lowest BCUT2D eigenvalue weighted by molar-refractivity contribution is -0.137. The highest BCUT2D eigenvalue weighted by Crippen LogP contribution is 2.32. The molecule has 0 saturated heterocycles. The number of hydrazone groups is 1. The minimum Gasteiger partial charge on any atom is -0.387 e. The van der Waals surface area contributed by atoms with Gasteiger partial charge in [-0.2, -0.15) is 31.7 Å². The SMILES string of the molecule is CC(C)/C(N)=N/C(=N\S(=O)(=O)c1ccc(C(F)(F)F)cc1)N1C[C@H](c2ccccc2)C(c2ccc(Cl)cc2)=N1. The molecule has 39 heavy (non-hydrogen) atoms. The van der Waals surface area contributed by atoms with Crippen LogP contribution in [0.5, 0.6) is 0 Å². The van der Waals surface area contributed by atoms with Gasteiger partial charge >= 0.3 is 6.18 Å². The monoisotopic (exact) mass is 575 g/mol. The Morgan fingerprint density at radius 3 is 2.21 bits per heavy atom. The number of nitrogens with two attached hydrogens (primary N) is 1. The second-order valence-electron chi connectivity index (χ2n) is 9.12. The Morgan fingerprint density at radius 2 is 1.64 bits per heavy atom. The van der Waals surface area contributed by atoms with Gasteiger partial charge in [-0.3, -0.25) is 0 Å². The third-order valence-electron chi connectivity index (χ3n) is 5.99. The molecular weight excluding hydrogens is 551 g/mol. The highest BCUT2D eigenvalue weighted by atomic mass is 35.5. The van der Waals surface area contributed by atoms with E-state index in [1.165, 1.54) is 5.01 Å². The van der Waals surface area contributed by atoms with Gasteiger partial charge in [0.25, 0.3) is 16.0 Å². The van der Waals surface area contributed by atoms with E-state index >= 15 is 0 Å². The van der Waals surface area contributed by atoms with Gasteiger partial charge in [0, 0.05) is 16.9 Å². The summed E-state index contributed by atoms with van der Waals surface area (Å²) in [6, 6.07) is 19.7. The molecule has 0 radical (unpaired) electrons. The summed E-state index contributed by atoms with van der Waals surface area (Å²) in [6.45, 7) is 3.75. The number of aliphatic imine (C=N–C) groups is 1. The van der Waals surface area contributed by atoms with E-state index in [1.54, 1.807) is 26.0 Å². The molecule has 0 spiro atoms. The van der Waals surface area contributed by atoms with Crippen molar-refractivity contribution in [2.45, 2.75) is 30.8 Å². The molecular formula is C27H25ClF3N5O2S. The molecule has 3 aromatic rings. The largest absolute Gasteiger partial charge is 0.416 e. The van der Waals surface area contributed by atoms with Crippen LogP contribution in [0, 0.1) is 5.92 Å². The maximum Gasteiger partial charge on any atom is 0.416 e. The van der Waals surface area contributed by atoms with Crippen LogP contribution < -0.4 is 5.73 Å². The van der Waals surface area contributed by atoms with Crippen LogP contribution in [-0.2, 0) is 16.2 Å². The zero-order valence-electron chi connectivity index (χ0n) is 21.0. The summed E-state index contributed by atoms with van der Waals surface area (Å²) < 4.78 is 69.2. The standard InChI is InChI=1S/C27H25ClF3N5O2S/c1-17(2)25(32)33-26(35-39(37,38)22-14-10-20(11-15-22)27(29,30)31)36-16-23(18-6-4-3-5-7-18)24(34-36)19-8-12-21(28)13-9-19/h3-15,17,23H,16H2,1-2H3,(H2,32,33,35)/t23-/m1/s1. The smallest absolute Gasteiger partial charge is 0.387 e. The molecule has 1 aliphatic rings. The Balaban J connectivity index is 1.81. The van der Waals surface area contributed by atoms with Crippen LogP contribution in [0.2, 0.25) is 5.02 Å². The van der Waals surface area contributed by atoms with Gasteiger partial charge in [-0.25, -0.2) is 5.01 Å². The molecule has 0 aliphatic carbocycles. The summed E-state index contributed by atoms with van der Waals surface area (Å²) >= 11 is 6.07. The summed E-state index contributed by atoms with van der Waals surface area (Å²) in [5, 5.41) is 6.57. The van der Waals surface area contributed by atoms with E-state index in [0.717, 1.165) is 23.3 Å². The Labute approximate surface area is 229 Å². The van der Waals surface area contributed by atoms with Crippen molar-refractivity contribution in [1.82, 2.24) is 5.01 Å². The molecule has 4 rings (SSSR count). The maximum absolute atomic E-state index is 13.2. The summed E-state index contributed by atoms with van der Waals surface area (Å²) in [5.41, 5.74) is 7.43. The molecule has 0 bridgehead atoms. The van der Waals surface area contributed by atoms with Gasteiger partial charge in [0.05, 0.1) is 22.7 Å². The summed E-state index contributed by atoms with van der Waals surface area (Å²) in [6.07, 6.45) is -4.61. The zero-order valence-corrected chi connectivity index (χ0v) is 22.5. The number of amidine groups is 1. The van der Waals surface area contributed by atoms with E-state index in [-0.39, 0.29) is 30.2 Å². The third kappa shape index (κ3) is 6.66. The molecule has 0 fully saturated rings. The molecule has 2 N–H and O–H groups in total. The minimum absolute atomic E-state index is 0.114. The normalized spacial score (nSPS) is 17.1. The average molecular weight is 576 g/mol. The number of sulfonamides is 1. The molecule has 3 aromatic carbocycles. The van der Waals surface area contributed by atoms with Crippen molar-refractivity contribution < 1.29 is 21.6 Å². The predicted molar refractivity (Wildman–Crippen MR) is 146 cm³/mol. The van der Waals surface area contributed by atoms with Gasteiger partial charge in [-0.1, -0.05) is 67.9 Å². The summed E-state index contributed by atoms with van der Waals surface area (Å²) in [7, 11) is -4.47. The van der Waals surface area contributed by atoms with E-state index in [1.807, 2.05) is 42.5 Å². The van der Waals surface area contributed by atoms with Crippen LogP contribution in [0.15, 0.2) is 98.2 Å². The van der Waals surface area contributed by atoms with E-state index < -0.39 is 26.7 Å². The lowest BCUT2D eigenvalue weighted by Crippen LogP contribution is -2.29. The maximum atomic E-state index is 13.2. The molecule has 0 unspecified atom stereocenters. The third-order valence-corrected chi connectivity index (χ3v) is 7.51. The van der Waals surface area contributed by atoms with Crippen LogP contribution in [0.25, 0.3) is 0 Å². The molecule has 1 heterocycles. The summed E-state index contributed by atoms with van der Waals surface area (Å²) in [4.78, 5) is 3.85. The molecule has 7 nitrogen and oxygen atoms in total. The number of guanidine groups is 1. The fraction of sp³-hybridized carbons (Fsp3) is 0.222.